The molecule has 5 nitrogen and oxygen atoms in total. The summed E-state index contributed by atoms with van der Waals surface area (Å²) in [5.74, 6) is 0.137. The first kappa shape index (κ1) is 20.1. The molecule has 2 amide bonds. The van der Waals surface area contributed by atoms with E-state index in [4.69, 9.17) is 28.2 Å². The molecule has 0 N–H and O–H groups in total. The summed E-state index contributed by atoms with van der Waals surface area (Å²) in [6.07, 6.45) is 1.55. The van der Waals surface area contributed by atoms with E-state index < -0.39 is 0 Å². The molecule has 154 valence electrons. The molecule has 3 heterocycles. The van der Waals surface area contributed by atoms with Gasteiger partial charge in [-0.05, 0) is 35.9 Å². The maximum absolute atomic E-state index is 13.5. The molecule has 0 bridgehead atoms. The average Bonchev–Trinajstić information content (AvgIpc) is 3.45. The minimum Gasteiger partial charge on any atom is -0.467 e. The predicted molar refractivity (Wildman–Crippen MR) is 125 cm³/mol. The van der Waals surface area contributed by atoms with E-state index in [9.17, 15) is 9.59 Å². The lowest BCUT2D eigenvalue weighted by molar-refractivity contribution is -0.123. The van der Waals surface area contributed by atoms with Crippen molar-refractivity contribution in [2.75, 3.05) is 4.90 Å². The first-order chi connectivity index (χ1) is 15.0. The van der Waals surface area contributed by atoms with E-state index in [1.165, 1.54) is 4.90 Å². The van der Waals surface area contributed by atoms with Crippen molar-refractivity contribution in [2.45, 2.75) is 13.1 Å². The van der Waals surface area contributed by atoms with Crippen LogP contribution in [-0.2, 0) is 22.7 Å². The quantitative estimate of drug-likeness (QED) is 0.388. The molecule has 0 atom stereocenters. The second kappa shape index (κ2) is 8.00. The number of anilines is 1. The van der Waals surface area contributed by atoms with E-state index in [2.05, 4.69) is 0 Å². The van der Waals surface area contributed by atoms with Crippen LogP contribution in [0.3, 0.4) is 0 Å². The minimum absolute atomic E-state index is 0.213. The van der Waals surface area contributed by atoms with Crippen LogP contribution in [0.1, 0.15) is 16.9 Å². The number of hydrogen-bond acceptors (Lipinski definition) is 5. The maximum Gasteiger partial charge on any atom is 0.267 e. The van der Waals surface area contributed by atoms with Gasteiger partial charge in [-0.25, -0.2) is 0 Å². The van der Waals surface area contributed by atoms with Gasteiger partial charge in [0.2, 0.25) is 0 Å². The van der Waals surface area contributed by atoms with Crippen LogP contribution in [0.5, 0.6) is 0 Å². The standard InChI is InChI=1S/C23H15ClN2O3S2/c24-15-9-7-14(8-10-15)12-25-18-6-2-1-5-17(18)19(21(25)27)20-22(28)26(23(30)31-20)13-16-4-3-11-29-16/h1-11H,12-13H2/b20-19+. The lowest BCUT2D eigenvalue weighted by Gasteiger charge is -2.17. The zero-order valence-electron chi connectivity index (χ0n) is 16.1. The summed E-state index contributed by atoms with van der Waals surface area (Å²) in [5, 5.41) is 0.637. The van der Waals surface area contributed by atoms with Crippen molar-refractivity contribution in [1.82, 2.24) is 4.90 Å². The molecule has 0 radical (unpaired) electrons. The molecule has 5 rings (SSSR count). The monoisotopic (exact) mass is 466 g/mol. The summed E-state index contributed by atoms with van der Waals surface area (Å²) >= 11 is 12.6. The fourth-order valence-corrected chi connectivity index (χ4v) is 5.13. The number of rotatable bonds is 4. The van der Waals surface area contributed by atoms with Crippen molar-refractivity contribution in [1.29, 1.82) is 0 Å². The number of carbonyl (C=O) groups excluding carboxylic acids is 2. The molecular weight excluding hydrogens is 452 g/mol. The third-order valence-electron chi connectivity index (χ3n) is 5.15. The fourth-order valence-electron chi connectivity index (χ4n) is 3.67. The summed E-state index contributed by atoms with van der Waals surface area (Å²) in [6, 6.07) is 18.4. The van der Waals surface area contributed by atoms with Gasteiger partial charge >= 0.3 is 0 Å². The summed E-state index contributed by atoms with van der Waals surface area (Å²) in [4.78, 5) is 30.2. The van der Waals surface area contributed by atoms with Crippen molar-refractivity contribution >= 4 is 63.0 Å². The summed E-state index contributed by atoms with van der Waals surface area (Å²) < 4.78 is 5.77. The zero-order valence-corrected chi connectivity index (χ0v) is 18.5. The lowest BCUT2D eigenvalue weighted by Crippen LogP contribution is -2.29. The number of carbonyl (C=O) groups is 2. The lowest BCUT2D eigenvalue weighted by atomic mass is 10.1. The number of fused-ring (bicyclic) bond motifs is 1. The van der Waals surface area contributed by atoms with Crippen molar-refractivity contribution in [3.63, 3.8) is 0 Å². The molecule has 0 spiro atoms. The van der Waals surface area contributed by atoms with Gasteiger partial charge < -0.3 is 9.32 Å². The Morgan fingerprint density at radius 3 is 2.42 bits per heavy atom. The summed E-state index contributed by atoms with van der Waals surface area (Å²) in [6.45, 7) is 0.613. The highest BCUT2D eigenvalue weighted by atomic mass is 35.5. The Morgan fingerprint density at radius 1 is 0.903 bits per heavy atom. The van der Waals surface area contributed by atoms with Gasteiger partial charge in [-0.3, -0.25) is 14.5 Å². The van der Waals surface area contributed by atoms with Crippen LogP contribution >= 0.6 is 35.6 Å². The summed E-state index contributed by atoms with van der Waals surface area (Å²) in [5.41, 5.74) is 2.84. The molecule has 2 aromatic carbocycles. The Morgan fingerprint density at radius 2 is 1.68 bits per heavy atom. The third-order valence-corrected chi connectivity index (χ3v) is 6.85. The number of amides is 2. The molecule has 0 saturated carbocycles. The zero-order chi connectivity index (χ0) is 21.5. The Balaban J connectivity index is 1.52. The summed E-state index contributed by atoms with van der Waals surface area (Å²) in [7, 11) is 0. The van der Waals surface area contributed by atoms with Gasteiger partial charge in [-0.2, -0.15) is 0 Å². The highest BCUT2D eigenvalue weighted by Gasteiger charge is 2.42. The number of thioether (sulfide) groups is 1. The maximum atomic E-state index is 13.5. The first-order valence-electron chi connectivity index (χ1n) is 9.49. The molecule has 0 unspecified atom stereocenters. The Kier molecular flexibility index (Phi) is 5.17. The van der Waals surface area contributed by atoms with E-state index in [0.29, 0.717) is 32.1 Å². The topological polar surface area (TPSA) is 53.8 Å². The fraction of sp³-hybridized carbons (Fsp3) is 0.0870. The number of nitrogens with zero attached hydrogens (tertiary/aromatic N) is 2. The van der Waals surface area contributed by atoms with Crippen molar-refractivity contribution in [3.05, 3.63) is 93.7 Å². The Bertz CT molecular complexity index is 1240. The van der Waals surface area contributed by atoms with Crippen molar-refractivity contribution in [2.24, 2.45) is 0 Å². The van der Waals surface area contributed by atoms with E-state index in [1.54, 1.807) is 35.4 Å². The molecule has 8 heteroatoms. The normalized spacial score (nSPS) is 18.3. The largest absolute Gasteiger partial charge is 0.467 e. The highest BCUT2D eigenvalue weighted by molar-refractivity contribution is 8.26. The minimum atomic E-state index is -0.280. The number of para-hydroxylation sites is 1. The average molecular weight is 467 g/mol. The van der Waals surface area contributed by atoms with Crippen LogP contribution in [0, 0.1) is 0 Å². The number of halogens is 1. The van der Waals surface area contributed by atoms with Gasteiger partial charge in [0.05, 0.1) is 35.5 Å². The first-order valence-corrected chi connectivity index (χ1v) is 11.1. The highest BCUT2D eigenvalue weighted by Crippen LogP contribution is 2.45. The second-order valence-corrected chi connectivity index (χ2v) is 9.16. The molecule has 31 heavy (non-hydrogen) atoms. The number of furan rings is 1. The van der Waals surface area contributed by atoms with Gasteiger partial charge in [0.15, 0.2) is 0 Å². The van der Waals surface area contributed by atoms with E-state index in [-0.39, 0.29) is 18.4 Å². The van der Waals surface area contributed by atoms with E-state index >= 15 is 0 Å². The Hall–Kier alpha value is -2.87. The van der Waals surface area contributed by atoms with E-state index in [0.717, 1.165) is 28.6 Å². The van der Waals surface area contributed by atoms with Gasteiger partial charge in [0, 0.05) is 10.6 Å². The van der Waals surface area contributed by atoms with Gasteiger partial charge in [-0.15, -0.1) is 0 Å². The molecule has 1 saturated heterocycles. The van der Waals surface area contributed by atoms with E-state index in [1.807, 2.05) is 36.4 Å². The van der Waals surface area contributed by atoms with Crippen molar-refractivity contribution in [3.8, 4) is 0 Å². The van der Waals surface area contributed by atoms with Crippen LogP contribution in [0.25, 0.3) is 5.57 Å². The number of hydrogen-bond donors (Lipinski definition) is 0. The second-order valence-electron chi connectivity index (χ2n) is 7.08. The smallest absolute Gasteiger partial charge is 0.267 e. The van der Waals surface area contributed by atoms with Gasteiger partial charge in [0.25, 0.3) is 11.8 Å². The predicted octanol–water partition coefficient (Wildman–Crippen LogP) is 5.25. The van der Waals surface area contributed by atoms with Gasteiger partial charge in [-0.1, -0.05) is 65.9 Å². The molecule has 0 aliphatic carbocycles. The van der Waals surface area contributed by atoms with Crippen LogP contribution in [0.2, 0.25) is 5.02 Å². The van der Waals surface area contributed by atoms with Crippen molar-refractivity contribution < 1.29 is 14.0 Å². The van der Waals surface area contributed by atoms with Crippen LogP contribution < -0.4 is 4.90 Å². The SMILES string of the molecule is O=C1/C(=C2\C(=O)N(Cc3ccc(Cl)cc3)c3ccccc32)SC(=S)N1Cc1ccco1. The number of benzene rings is 2. The Labute approximate surface area is 193 Å². The molecule has 1 aromatic heterocycles. The van der Waals surface area contributed by atoms with Crippen LogP contribution in [0.15, 0.2) is 76.2 Å². The third kappa shape index (κ3) is 3.59. The molecule has 2 aliphatic heterocycles. The van der Waals surface area contributed by atoms with Crippen LogP contribution in [-0.4, -0.2) is 21.0 Å². The van der Waals surface area contributed by atoms with Gasteiger partial charge in [0.1, 0.15) is 10.1 Å². The number of thiocarbonyl (C=S) groups is 1. The molecule has 3 aromatic rings. The molecular formula is C23H15ClN2O3S2. The molecule has 1 fully saturated rings. The molecule has 2 aliphatic rings. The van der Waals surface area contributed by atoms with Crippen LogP contribution in [0.4, 0.5) is 5.69 Å².